The van der Waals surface area contributed by atoms with E-state index in [1.807, 2.05) is 6.07 Å². The lowest BCUT2D eigenvalue weighted by molar-refractivity contribution is -0.115. The van der Waals surface area contributed by atoms with Crippen LogP contribution in [0.2, 0.25) is 10.0 Å². The molecule has 2 N–H and O–H groups in total. The van der Waals surface area contributed by atoms with E-state index in [0.717, 1.165) is 29.0 Å². The SMILES string of the molecule is O=C1CNC(=O)N1c1ccc(O[C@H]2c3cc(Cl)cc(Cl)c3C[C@@H]2N2CCC(O)C2)cc1. The molecule has 2 aromatic carbocycles. The second-order valence-corrected chi connectivity index (χ2v) is 8.93. The minimum Gasteiger partial charge on any atom is -0.484 e. The summed E-state index contributed by atoms with van der Waals surface area (Å²) in [5.41, 5.74) is 2.45. The van der Waals surface area contributed by atoms with Crippen LogP contribution in [-0.4, -0.2) is 53.7 Å². The van der Waals surface area contributed by atoms with Crippen LogP contribution in [0.4, 0.5) is 10.5 Å². The van der Waals surface area contributed by atoms with Crippen LogP contribution in [0.5, 0.6) is 5.75 Å². The van der Waals surface area contributed by atoms with Crippen molar-refractivity contribution < 1.29 is 19.4 Å². The summed E-state index contributed by atoms with van der Waals surface area (Å²) in [6.45, 7) is 1.38. The van der Waals surface area contributed by atoms with E-state index in [1.54, 1.807) is 30.3 Å². The Morgan fingerprint density at radius 2 is 1.90 bits per heavy atom. The van der Waals surface area contributed by atoms with Crippen molar-refractivity contribution in [3.8, 4) is 5.75 Å². The maximum atomic E-state index is 11.9. The van der Waals surface area contributed by atoms with Crippen LogP contribution >= 0.6 is 23.2 Å². The first-order valence-corrected chi connectivity index (χ1v) is 10.9. The van der Waals surface area contributed by atoms with Gasteiger partial charge in [0.05, 0.1) is 24.4 Å². The van der Waals surface area contributed by atoms with Gasteiger partial charge < -0.3 is 15.2 Å². The molecule has 3 atom stereocenters. The monoisotopic (exact) mass is 461 g/mol. The number of benzene rings is 2. The molecule has 2 saturated heterocycles. The first-order valence-electron chi connectivity index (χ1n) is 10.2. The van der Waals surface area contributed by atoms with E-state index in [2.05, 4.69) is 10.2 Å². The minimum atomic E-state index is -0.430. The van der Waals surface area contributed by atoms with E-state index in [-0.39, 0.29) is 30.7 Å². The summed E-state index contributed by atoms with van der Waals surface area (Å²) in [5.74, 6) is 0.315. The van der Waals surface area contributed by atoms with Crippen LogP contribution in [0.15, 0.2) is 36.4 Å². The van der Waals surface area contributed by atoms with Crippen LogP contribution in [0.1, 0.15) is 23.7 Å². The fourth-order valence-electron chi connectivity index (χ4n) is 4.65. The van der Waals surface area contributed by atoms with E-state index >= 15 is 0 Å². The number of urea groups is 1. The third kappa shape index (κ3) is 3.76. The number of halogens is 2. The Hall–Kier alpha value is -2.32. The van der Waals surface area contributed by atoms with Crippen molar-refractivity contribution in [2.75, 3.05) is 24.5 Å². The Labute approximate surface area is 189 Å². The van der Waals surface area contributed by atoms with Gasteiger partial charge in [-0.25, -0.2) is 9.69 Å². The molecule has 0 aromatic heterocycles. The second-order valence-electron chi connectivity index (χ2n) is 8.08. The summed E-state index contributed by atoms with van der Waals surface area (Å²) in [6.07, 6.45) is 0.795. The van der Waals surface area contributed by atoms with Gasteiger partial charge in [-0.2, -0.15) is 0 Å². The number of nitrogens with zero attached hydrogens (tertiary/aromatic N) is 2. The fourth-order valence-corrected chi connectivity index (χ4v) is 5.24. The molecule has 3 aliphatic rings. The molecule has 1 aliphatic carbocycles. The van der Waals surface area contributed by atoms with Gasteiger partial charge in [0.15, 0.2) is 0 Å². The Morgan fingerprint density at radius 1 is 1.13 bits per heavy atom. The van der Waals surface area contributed by atoms with Crippen LogP contribution in [0.3, 0.4) is 0 Å². The molecular weight excluding hydrogens is 441 g/mol. The molecule has 2 fully saturated rings. The molecule has 0 bridgehead atoms. The number of aliphatic hydroxyl groups is 1. The van der Waals surface area contributed by atoms with Gasteiger partial charge in [-0.15, -0.1) is 0 Å². The van der Waals surface area contributed by atoms with Crippen molar-refractivity contribution in [3.05, 3.63) is 57.6 Å². The summed E-state index contributed by atoms with van der Waals surface area (Å²) in [7, 11) is 0. The number of imide groups is 1. The zero-order valence-electron chi connectivity index (χ0n) is 16.6. The minimum absolute atomic E-state index is 0.000821. The molecule has 7 nitrogen and oxygen atoms in total. The number of anilines is 1. The average Bonchev–Trinajstić information content (AvgIpc) is 3.41. The first kappa shape index (κ1) is 20.6. The quantitative estimate of drug-likeness (QED) is 0.683. The van der Waals surface area contributed by atoms with Crippen molar-refractivity contribution in [2.24, 2.45) is 0 Å². The molecule has 5 rings (SSSR count). The van der Waals surface area contributed by atoms with Crippen molar-refractivity contribution in [1.82, 2.24) is 10.2 Å². The predicted molar refractivity (Wildman–Crippen MR) is 117 cm³/mol. The summed E-state index contributed by atoms with van der Waals surface area (Å²) in [6, 6.07) is 10.1. The number of ether oxygens (including phenoxy) is 1. The number of hydrogen-bond acceptors (Lipinski definition) is 5. The van der Waals surface area contributed by atoms with Crippen molar-refractivity contribution >= 4 is 40.8 Å². The Bertz CT molecular complexity index is 1030. The summed E-state index contributed by atoms with van der Waals surface area (Å²) in [5, 5.41) is 13.7. The Kier molecular flexibility index (Phi) is 5.30. The molecule has 162 valence electrons. The van der Waals surface area contributed by atoms with E-state index in [9.17, 15) is 14.7 Å². The molecular formula is C22H21Cl2N3O4. The smallest absolute Gasteiger partial charge is 0.329 e. The van der Waals surface area contributed by atoms with Crippen molar-refractivity contribution in [3.63, 3.8) is 0 Å². The van der Waals surface area contributed by atoms with Crippen LogP contribution < -0.4 is 15.0 Å². The Balaban J connectivity index is 1.43. The number of hydrogen-bond donors (Lipinski definition) is 2. The highest BCUT2D eigenvalue weighted by molar-refractivity contribution is 6.35. The Morgan fingerprint density at radius 3 is 2.55 bits per heavy atom. The predicted octanol–water partition coefficient (Wildman–Crippen LogP) is 3.16. The summed E-state index contributed by atoms with van der Waals surface area (Å²) in [4.78, 5) is 27.2. The van der Waals surface area contributed by atoms with Crippen molar-refractivity contribution in [2.45, 2.75) is 31.1 Å². The average molecular weight is 462 g/mol. The highest BCUT2D eigenvalue weighted by atomic mass is 35.5. The molecule has 0 saturated carbocycles. The molecule has 9 heteroatoms. The van der Waals surface area contributed by atoms with Gasteiger partial charge in [-0.3, -0.25) is 9.69 Å². The third-order valence-corrected chi connectivity index (χ3v) is 6.68. The van der Waals surface area contributed by atoms with Gasteiger partial charge in [-0.1, -0.05) is 23.2 Å². The number of rotatable bonds is 4. The zero-order chi connectivity index (χ0) is 21.7. The third-order valence-electron chi connectivity index (χ3n) is 6.13. The molecule has 2 aromatic rings. The van der Waals surface area contributed by atoms with Gasteiger partial charge in [0.2, 0.25) is 0 Å². The number of β-amino-alcohol motifs (C(OH)–C–C–N with tert-alkyl or cyclic N) is 1. The lowest BCUT2D eigenvalue weighted by Crippen LogP contribution is -2.39. The normalized spacial score (nSPS) is 25.8. The highest BCUT2D eigenvalue weighted by Crippen LogP contribution is 2.43. The molecule has 0 radical (unpaired) electrons. The molecule has 2 aliphatic heterocycles. The van der Waals surface area contributed by atoms with Gasteiger partial charge in [0.25, 0.3) is 5.91 Å². The van der Waals surface area contributed by atoms with Gasteiger partial charge in [-0.05, 0) is 54.8 Å². The molecule has 0 spiro atoms. The number of likely N-dealkylation sites (tertiary alicyclic amines) is 1. The summed E-state index contributed by atoms with van der Waals surface area (Å²) < 4.78 is 6.40. The fraction of sp³-hybridized carbons (Fsp3) is 0.364. The van der Waals surface area contributed by atoms with Gasteiger partial charge >= 0.3 is 6.03 Å². The summed E-state index contributed by atoms with van der Waals surface area (Å²) >= 11 is 12.8. The van der Waals surface area contributed by atoms with Gasteiger partial charge in [0, 0.05) is 28.7 Å². The first-order chi connectivity index (χ1) is 14.9. The standard InChI is InChI=1S/C22H21Cl2N3O4/c23-12-7-17-16(18(24)8-12)9-19(26-6-5-14(28)11-26)21(17)31-15-3-1-13(2-4-15)27-20(29)10-25-22(27)30/h1-4,7-8,14,19,21,28H,5-6,9-11H2,(H,25,30)/t14?,19-,21-/m0/s1. The van der Waals surface area contributed by atoms with E-state index < -0.39 is 6.03 Å². The lowest BCUT2D eigenvalue weighted by Gasteiger charge is -2.30. The number of fused-ring (bicyclic) bond motifs is 1. The van der Waals surface area contributed by atoms with Crippen LogP contribution in [0, 0.1) is 0 Å². The van der Waals surface area contributed by atoms with Crippen molar-refractivity contribution in [1.29, 1.82) is 0 Å². The zero-order valence-corrected chi connectivity index (χ0v) is 18.1. The van der Waals surface area contributed by atoms with Gasteiger partial charge in [0.1, 0.15) is 11.9 Å². The van der Waals surface area contributed by atoms with E-state index in [4.69, 9.17) is 27.9 Å². The van der Waals surface area contributed by atoms with E-state index in [1.165, 1.54) is 0 Å². The molecule has 3 amide bonds. The van der Waals surface area contributed by atoms with Crippen LogP contribution in [-0.2, 0) is 11.2 Å². The molecule has 1 unspecified atom stereocenters. The number of carbonyl (C=O) groups excluding carboxylic acids is 2. The number of amides is 3. The number of aliphatic hydroxyl groups excluding tert-OH is 1. The largest absolute Gasteiger partial charge is 0.484 e. The number of nitrogens with one attached hydrogen (secondary N) is 1. The second kappa shape index (κ2) is 7.98. The maximum absolute atomic E-state index is 11.9. The molecule has 31 heavy (non-hydrogen) atoms. The lowest BCUT2D eigenvalue weighted by atomic mass is 10.1. The van der Waals surface area contributed by atoms with Crippen LogP contribution in [0.25, 0.3) is 0 Å². The topological polar surface area (TPSA) is 82.1 Å². The van der Waals surface area contributed by atoms with E-state index in [0.29, 0.717) is 34.4 Å². The highest BCUT2D eigenvalue weighted by Gasteiger charge is 2.41. The number of carbonyl (C=O) groups is 2. The maximum Gasteiger partial charge on any atom is 0.329 e. The molecule has 2 heterocycles.